The third-order valence-electron chi connectivity index (χ3n) is 6.49. The summed E-state index contributed by atoms with van der Waals surface area (Å²) in [7, 11) is 0. The van der Waals surface area contributed by atoms with Gasteiger partial charge in [-0.2, -0.15) is 0 Å². The highest BCUT2D eigenvalue weighted by Gasteiger charge is 2.41. The van der Waals surface area contributed by atoms with E-state index in [1.165, 1.54) is 0 Å². The molecule has 36 heavy (non-hydrogen) atoms. The van der Waals surface area contributed by atoms with Gasteiger partial charge in [0.1, 0.15) is 5.54 Å². The molecule has 4 aromatic carbocycles. The van der Waals surface area contributed by atoms with Crippen LogP contribution in [0.4, 0.5) is 4.79 Å². The van der Waals surface area contributed by atoms with Crippen molar-refractivity contribution in [2.75, 3.05) is 0 Å². The number of hydrogen-bond donors (Lipinski definition) is 2. The molecular weight excluding hydrogens is 452 g/mol. The van der Waals surface area contributed by atoms with Gasteiger partial charge in [-0.25, -0.2) is 9.59 Å². The van der Waals surface area contributed by atoms with Gasteiger partial charge in [0.05, 0.1) is 5.52 Å². The summed E-state index contributed by atoms with van der Waals surface area (Å²) >= 11 is 0. The molecule has 6 heteroatoms. The van der Waals surface area contributed by atoms with Crippen molar-refractivity contribution in [2.24, 2.45) is 0 Å². The Morgan fingerprint density at radius 2 is 1.33 bits per heavy atom. The Morgan fingerprint density at radius 1 is 0.833 bits per heavy atom. The standard InChI is InChI=1S/C30H26N2O4/c1-21(31-28(33)34)20-22-12-11-19-26-27(22)36-29(35)32(26)30(23-13-5-2-6-14-23,24-15-7-3-8-16-24)25-17-9-4-10-18-25/h2-19,21,31H,20H2,1H3,(H,33,34). The zero-order valence-corrected chi connectivity index (χ0v) is 19.8. The van der Waals surface area contributed by atoms with E-state index in [-0.39, 0.29) is 6.04 Å². The number of fused-ring (bicyclic) bond motifs is 1. The topological polar surface area (TPSA) is 84.5 Å². The van der Waals surface area contributed by atoms with Crippen molar-refractivity contribution >= 4 is 17.2 Å². The van der Waals surface area contributed by atoms with E-state index in [2.05, 4.69) is 5.32 Å². The third-order valence-corrected chi connectivity index (χ3v) is 6.49. The Bertz CT molecular complexity index is 1440. The van der Waals surface area contributed by atoms with Gasteiger partial charge < -0.3 is 14.8 Å². The molecule has 1 heterocycles. The number of amides is 1. The fourth-order valence-corrected chi connectivity index (χ4v) is 5.09. The predicted octanol–water partition coefficient (Wildman–Crippen LogP) is 5.63. The lowest BCUT2D eigenvalue weighted by Gasteiger charge is -2.36. The molecule has 1 amide bonds. The summed E-state index contributed by atoms with van der Waals surface area (Å²) in [6.07, 6.45) is -0.712. The highest BCUT2D eigenvalue weighted by atomic mass is 16.4. The number of nitrogens with zero attached hydrogens (tertiary/aromatic N) is 1. The molecule has 6 nitrogen and oxygen atoms in total. The fourth-order valence-electron chi connectivity index (χ4n) is 5.09. The van der Waals surface area contributed by atoms with E-state index in [0.29, 0.717) is 17.5 Å². The van der Waals surface area contributed by atoms with Crippen molar-refractivity contribution in [1.82, 2.24) is 9.88 Å². The van der Waals surface area contributed by atoms with Gasteiger partial charge in [-0.3, -0.25) is 4.57 Å². The van der Waals surface area contributed by atoms with Gasteiger partial charge in [0.25, 0.3) is 0 Å². The van der Waals surface area contributed by atoms with E-state index in [1.807, 2.05) is 109 Å². The lowest BCUT2D eigenvalue weighted by molar-refractivity contribution is 0.190. The number of para-hydroxylation sites is 1. The highest BCUT2D eigenvalue weighted by molar-refractivity contribution is 5.78. The second-order valence-corrected chi connectivity index (χ2v) is 8.83. The second-order valence-electron chi connectivity index (χ2n) is 8.83. The summed E-state index contributed by atoms with van der Waals surface area (Å²) in [4.78, 5) is 24.9. The maximum Gasteiger partial charge on any atom is 0.421 e. The molecule has 0 aliphatic carbocycles. The molecule has 0 fully saturated rings. The first-order chi connectivity index (χ1) is 17.5. The average molecular weight is 479 g/mol. The van der Waals surface area contributed by atoms with Crippen molar-refractivity contribution in [3.8, 4) is 0 Å². The van der Waals surface area contributed by atoms with E-state index in [0.717, 1.165) is 22.3 Å². The zero-order valence-electron chi connectivity index (χ0n) is 19.8. The van der Waals surface area contributed by atoms with Gasteiger partial charge in [-0.1, -0.05) is 103 Å². The minimum Gasteiger partial charge on any atom is -0.465 e. The number of aromatic nitrogens is 1. The molecule has 0 spiro atoms. The Morgan fingerprint density at radius 3 is 1.81 bits per heavy atom. The van der Waals surface area contributed by atoms with Crippen molar-refractivity contribution in [2.45, 2.75) is 24.9 Å². The second kappa shape index (κ2) is 9.58. The Kier molecular flexibility index (Phi) is 6.17. The zero-order chi connectivity index (χ0) is 25.1. The van der Waals surface area contributed by atoms with Crippen LogP contribution in [0.1, 0.15) is 29.2 Å². The number of carboxylic acid groups (broad SMARTS) is 1. The summed E-state index contributed by atoms with van der Waals surface area (Å²) in [5.41, 5.74) is 3.59. The minimum atomic E-state index is -1.09. The van der Waals surface area contributed by atoms with Crippen LogP contribution < -0.4 is 11.1 Å². The number of carbonyl (C=O) groups is 1. The van der Waals surface area contributed by atoms with Crippen LogP contribution >= 0.6 is 0 Å². The van der Waals surface area contributed by atoms with Crippen LogP contribution in [0.25, 0.3) is 11.1 Å². The summed E-state index contributed by atoms with van der Waals surface area (Å²) in [5, 5.41) is 11.6. The monoisotopic (exact) mass is 478 g/mol. The van der Waals surface area contributed by atoms with Crippen LogP contribution in [0.3, 0.4) is 0 Å². The van der Waals surface area contributed by atoms with Crippen molar-refractivity contribution in [1.29, 1.82) is 0 Å². The molecule has 1 aromatic heterocycles. The van der Waals surface area contributed by atoms with E-state index in [4.69, 9.17) is 9.52 Å². The van der Waals surface area contributed by atoms with Crippen molar-refractivity contribution < 1.29 is 14.3 Å². The number of rotatable bonds is 7. The predicted molar refractivity (Wildman–Crippen MR) is 139 cm³/mol. The van der Waals surface area contributed by atoms with E-state index < -0.39 is 17.4 Å². The quantitative estimate of drug-likeness (QED) is 0.297. The van der Waals surface area contributed by atoms with Crippen molar-refractivity contribution in [3.63, 3.8) is 0 Å². The molecule has 1 atom stereocenters. The summed E-state index contributed by atoms with van der Waals surface area (Å²) in [6, 6.07) is 35.1. The SMILES string of the molecule is CC(Cc1cccc2c1oc(=O)n2C(c1ccccc1)(c1ccccc1)c1ccccc1)NC(=O)O. The van der Waals surface area contributed by atoms with Gasteiger partial charge in [-0.15, -0.1) is 0 Å². The van der Waals surface area contributed by atoms with Crippen molar-refractivity contribution in [3.05, 3.63) is 142 Å². The summed E-state index contributed by atoms with van der Waals surface area (Å²) in [6.45, 7) is 1.78. The Labute approximate surface area is 208 Å². The van der Waals surface area contributed by atoms with Gasteiger partial charge >= 0.3 is 11.8 Å². The lowest BCUT2D eigenvalue weighted by atomic mass is 9.76. The number of oxazole rings is 1. The van der Waals surface area contributed by atoms with Crippen LogP contribution in [-0.2, 0) is 12.0 Å². The molecular formula is C30H26N2O4. The highest BCUT2D eigenvalue weighted by Crippen LogP contribution is 2.42. The van der Waals surface area contributed by atoms with E-state index in [9.17, 15) is 9.59 Å². The summed E-state index contributed by atoms with van der Waals surface area (Å²) in [5.74, 6) is -0.493. The Balaban J connectivity index is 1.85. The molecule has 1 unspecified atom stereocenters. The number of benzene rings is 4. The van der Waals surface area contributed by atoms with E-state index >= 15 is 0 Å². The minimum absolute atomic E-state index is 0.358. The molecule has 5 aromatic rings. The first-order valence-corrected chi connectivity index (χ1v) is 11.8. The third kappa shape index (κ3) is 3.96. The molecule has 0 aliphatic heterocycles. The largest absolute Gasteiger partial charge is 0.465 e. The number of nitrogens with one attached hydrogen (secondary N) is 1. The van der Waals surface area contributed by atoms with Crippen LogP contribution in [0.15, 0.2) is 118 Å². The van der Waals surface area contributed by atoms with Gasteiger partial charge in [0.15, 0.2) is 5.58 Å². The molecule has 0 radical (unpaired) electrons. The average Bonchev–Trinajstić information content (AvgIpc) is 3.23. The first kappa shape index (κ1) is 23.2. The van der Waals surface area contributed by atoms with E-state index in [1.54, 1.807) is 11.5 Å². The molecule has 180 valence electrons. The van der Waals surface area contributed by atoms with Crippen LogP contribution in [0, 0.1) is 0 Å². The molecule has 5 rings (SSSR count). The lowest BCUT2D eigenvalue weighted by Crippen LogP contribution is -2.42. The molecule has 0 saturated heterocycles. The maximum absolute atomic E-state index is 13.8. The smallest absolute Gasteiger partial charge is 0.421 e. The molecule has 0 aliphatic rings. The maximum atomic E-state index is 13.8. The first-order valence-electron chi connectivity index (χ1n) is 11.8. The molecule has 2 N–H and O–H groups in total. The molecule has 0 bridgehead atoms. The van der Waals surface area contributed by atoms with Crippen LogP contribution in [0.5, 0.6) is 0 Å². The van der Waals surface area contributed by atoms with Gasteiger partial charge in [0.2, 0.25) is 0 Å². The molecule has 0 saturated carbocycles. The van der Waals surface area contributed by atoms with Crippen LogP contribution in [-0.4, -0.2) is 21.8 Å². The van der Waals surface area contributed by atoms with Gasteiger partial charge in [-0.05, 0) is 41.7 Å². The normalized spacial score (nSPS) is 12.4. The van der Waals surface area contributed by atoms with Gasteiger partial charge in [0, 0.05) is 6.04 Å². The Hall–Kier alpha value is -4.58. The fraction of sp³-hybridized carbons (Fsp3) is 0.133. The summed E-state index contributed by atoms with van der Waals surface area (Å²) < 4.78 is 7.66. The number of hydrogen-bond acceptors (Lipinski definition) is 3. The van der Waals surface area contributed by atoms with Crippen LogP contribution in [0.2, 0.25) is 0 Å².